The van der Waals surface area contributed by atoms with Gasteiger partial charge in [0.25, 0.3) is 0 Å². The Labute approximate surface area is 92.2 Å². The first-order chi connectivity index (χ1) is 5.06. The van der Waals surface area contributed by atoms with Crippen molar-refractivity contribution in [2.75, 3.05) is 13.7 Å². The Morgan fingerprint density at radius 3 is 2.82 bits per heavy atom. The van der Waals surface area contributed by atoms with E-state index in [1.54, 1.807) is 7.11 Å². The zero-order valence-corrected chi connectivity index (χ0v) is 10.2. The fourth-order valence-corrected chi connectivity index (χ4v) is 1.38. The summed E-state index contributed by atoms with van der Waals surface area (Å²) in [6.45, 7) is 0.618. The van der Waals surface area contributed by atoms with Crippen molar-refractivity contribution in [1.82, 2.24) is 5.32 Å². The van der Waals surface area contributed by atoms with Crippen LogP contribution in [-0.4, -0.2) is 20.9 Å². The van der Waals surface area contributed by atoms with Crippen molar-refractivity contribution < 1.29 is 9.53 Å². The highest BCUT2D eigenvalue weighted by Gasteiger charge is 2.34. The Morgan fingerprint density at radius 2 is 2.36 bits per heavy atom. The molecule has 0 atom stereocenters. The van der Waals surface area contributed by atoms with Gasteiger partial charge in [-0.15, -0.1) is 0 Å². The molecule has 0 spiro atoms. The first kappa shape index (κ1) is 9.56. The summed E-state index contributed by atoms with van der Waals surface area (Å²) in [6, 6.07) is 0. The average molecular weight is 379 g/mol. The van der Waals surface area contributed by atoms with E-state index in [-0.39, 0.29) is 7.21 Å². The Bertz CT molecular complexity index is 213. The van der Waals surface area contributed by atoms with Crippen molar-refractivity contribution >= 4 is 51.0 Å². The molecule has 0 aromatic rings. The molecule has 0 aliphatic carbocycles. The van der Waals surface area contributed by atoms with Crippen LogP contribution >= 0.6 is 45.2 Å². The minimum Gasteiger partial charge on any atom is -0.482 e. The predicted octanol–water partition coefficient (Wildman–Crippen LogP) is 1.21. The second-order valence-electron chi connectivity index (χ2n) is 2.13. The van der Waals surface area contributed by atoms with Crippen LogP contribution in [0.4, 0.5) is 0 Å². The molecule has 1 heterocycles. The third kappa shape index (κ3) is 2.20. The van der Waals surface area contributed by atoms with Crippen LogP contribution in [0.2, 0.25) is 0 Å². The molecule has 1 aliphatic heterocycles. The normalized spacial score (nSPS) is 22.1. The molecule has 0 amide bonds. The minimum absolute atomic E-state index is 0.0919. The van der Waals surface area contributed by atoms with E-state index in [9.17, 15) is 4.79 Å². The van der Waals surface area contributed by atoms with Gasteiger partial charge in [0.1, 0.15) is 0 Å². The lowest BCUT2D eigenvalue weighted by Crippen LogP contribution is -2.40. The Morgan fingerprint density at radius 1 is 1.73 bits per heavy atom. The zero-order chi connectivity index (χ0) is 8.48. The van der Waals surface area contributed by atoms with Gasteiger partial charge in [0.2, 0.25) is 0 Å². The van der Waals surface area contributed by atoms with Crippen LogP contribution in [0.1, 0.15) is 0 Å². The number of halogens is 2. The summed E-state index contributed by atoms with van der Waals surface area (Å²) in [5, 5.41) is 2.99. The van der Waals surface area contributed by atoms with E-state index in [1.807, 2.05) is 0 Å². The van der Waals surface area contributed by atoms with Crippen LogP contribution in [-0.2, 0) is 9.53 Å². The third-order valence-corrected chi connectivity index (χ3v) is 3.15. The molecule has 0 saturated heterocycles. The molecule has 0 fully saturated rings. The molecule has 5 heteroatoms. The zero-order valence-electron chi connectivity index (χ0n) is 5.86. The number of carbonyl (C=O) groups excluding carboxylic acids is 1. The number of hydrogen-bond donors (Lipinski definition) is 1. The van der Waals surface area contributed by atoms with Gasteiger partial charge in [0.15, 0.2) is 13.1 Å². The first-order valence-corrected chi connectivity index (χ1v) is 5.14. The summed E-state index contributed by atoms with van der Waals surface area (Å²) >= 11 is 4.24. The molecule has 11 heavy (non-hydrogen) atoms. The topological polar surface area (TPSA) is 38.3 Å². The first-order valence-electron chi connectivity index (χ1n) is 2.98. The summed E-state index contributed by atoms with van der Waals surface area (Å²) in [4.78, 5) is 11.3. The van der Waals surface area contributed by atoms with Gasteiger partial charge >= 0.3 is 0 Å². The lowest BCUT2D eigenvalue weighted by atomic mass is 10.2. The molecule has 62 valence electrons. The van der Waals surface area contributed by atoms with Crippen molar-refractivity contribution in [2.45, 2.75) is 1.43 Å². The fourth-order valence-electron chi connectivity index (χ4n) is 0.692. The monoisotopic (exact) mass is 379 g/mol. The number of rotatable bonds is 1. The lowest BCUT2D eigenvalue weighted by Gasteiger charge is -2.24. The van der Waals surface area contributed by atoms with E-state index in [0.717, 1.165) is 0 Å². The van der Waals surface area contributed by atoms with Gasteiger partial charge in [-0.05, 0) is 0 Å². The second kappa shape index (κ2) is 3.46. The summed E-state index contributed by atoms with van der Waals surface area (Å²) in [5.74, 6) is 0.647. The van der Waals surface area contributed by atoms with Crippen LogP contribution in [0.25, 0.3) is 0 Å². The number of ketones is 1. The second-order valence-corrected chi connectivity index (χ2v) is 7.88. The number of alkyl halides is 2. The van der Waals surface area contributed by atoms with Crippen molar-refractivity contribution in [1.29, 1.82) is 0 Å². The molecule has 1 aliphatic rings. The molecule has 0 radical (unpaired) electrons. The van der Waals surface area contributed by atoms with Gasteiger partial charge in [-0.3, -0.25) is 4.79 Å². The molecule has 0 aromatic heterocycles. The van der Waals surface area contributed by atoms with Crippen LogP contribution < -0.4 is 5.32 Å². The van der Waals surface area contributed by atoms with Crippen molar-refractivity contribution in [3.05, 3.63) is 12.0 Å². The van der Waals surface area contributed by atoms with Crippen molar-refractivity contribution in [3.8, 4) is 0 Å². The van der Waals surface area contributed by atoms with Gasteiger partial charge in [0.05, 0.1) is 7.11 Å². The van der Waals surface area contributed by atoms with Gasteiger partial charge < -0.3 is 10.1 Å². The quantitative estimate of drug-likeness (QED) is 0.550. The van der Waals surface area contributed by atoms with E-state index < -0.39 is 0 Å². The van der Waals surface area contributed by atoms with E-state index >= 15 is 0 Å². The average Bonchev–Trinajstić information content (AvgIpc) is 1.95. The smallest absolute Gasteiger partial charge is 0.190 e. The van der Waals surface area contributed by atoms with Gasteiger partial charge in [-0.25, -0.2) is 0 Å². The summed E-state index contributed by atoms with van der Waals surface area (Å²) < 4.78 is 4.53. The number of hydrogen-bond acceptors (Lipinski definition) is 3. The number of nitrogens with one attached hydrogen (secondary N) is 1. The van der Waals surface area contributed by atoms with Crippen LogP contribution in [0.15, 0.2) is 12.0 Å². The van der Waals surface area contributed by atoms with E-state index in [2.05, 4.69) is 50.5 Å². The van der Waals surface area contributed by atoms with Crippen LogP contribution in [0.5, 0.6) is 0 Å². The molecule has 0 unspecified atom stereocenters. The van der Waals surface area contributed by atoms with Gasteiger partial charge in [0, 0.05) is 12.6 Å². The molecule has 0 saturated carbocycles. The third-order valence-electron chi connectivity index (χ3n) is 1.33. The van der Waals surface area contributed by atoms with E-state index in [4.69, 9.17) is 4.74 Å². The number of carbonyl (C=O) groups is 1. The summed E-state index contributed by atoms with van der Waals surface area (Å²) in [5.41, 5.74) is 0. The molecule has 0 aromatic carbocycles. The van der Waals surface area contributed by atoms with Gasteiger partial charge in [-0.2, -0.15) is 0 Å². The molecular formula is C6H7I2NO2. The largest absolute Gasteiger partial charge is 0.482 e. The summed E-state index contributed by atoms with van der Waals surface area (Å²) in [7, 11) is 1.54. The number of allylic oxidation sites excluding steroid dienone is 1. The SMILES string of the molecule is COC1=CC(=O)C(I)(I)CN1. The van der Waals surface area contributed by atoms with Crippen LogP contribution in [0, 0.1) is 0 Å². The number of methoxy groups -OCH3 is 1. The molecular weight excluding hydrogens is 372 g/mol. The Kier molecular flexibility index (Phi) is 3.01. The number of ether oxygens (including phenoxy) is 1. The van der Waals surface area contributed by atoms with E-state index in [0.29, 0.717) is 12.4 Å². The highest BCUT2D eigenvalue weighted by atomic mass is 127. The van der Waals surface area contributed by atoms with Gasteiger partial charge in [-0.1, -0.05) is 45.2 Å². The van der Waals surface area contributed by atoms with Crippen molar-refractivity contribution in [2.24, 2.45) is 0 Å². The standard InChI is InChI=1S/C6H7I2NO2/c1-11-5-2-4(10)6(7,8)3-9-5/h2,9H,3H2,1H3. The Balaban J connectivity index is 2.79. The lowest BCUT2D eigenvalue weighted by molar-refractivity contribution is -0.114. The van der Waals surface area contributed by atoms with Crippen LogP contribution in [0.3, 0.4) is 0 Å². The van der Waals surface area contributed by atoms with Crippen molar-refractivity contribution in [3.63, 3.8) is 0 Å². The highest BCUT2D eigenvalue weighted by molar-refractivity contribution is 14.2. The van der Waals surface area contributed by atoms with E-state index in [1.165, 1.54) is 6.08 Å². The maximum absolute atomic E-state index is 11.3. The fraction of sp³-hybridized carbons (Fsp3) is 0.500. The molecule has 3 nitrogen and oxygen atoms in total. The summed E-state index contributed by atoms with van der Waals surface area (Å²) in [6.07, 6.45) is 1.49. The molecule has 0 bridgehead atoms. The highest BCUT2D eigenvalue weighted by Crippen LogP contribution is 2.31. The minimum atomic E-state index is -0.350. The maximum atomic E-state index is 11.3. The maximum Gasteiger partial charge on any atom is 0.190 e. The Hall–Kier alpha value is 0.470. The predicted molar refractivity (Wildman–Crippen MR) is 58.9 cm³/mol. The molecule has 1 N–H and O–H groups in total. The molecule has 1 rings (SSSR count).